The highest BCUT2D eigenvalue weighted by molar-refractivity contribution is 9.10. The Morgan fingerprint density at radius 2 is 2.06 bits per heavy atom. The van der Waals surface area contributed by atoms with Crippen molar-refractivity contribution in [1.29, 1.82) is 0 Å². The summed E-state index contributed by atoms with van der Waals surface area (Å²) in [6, 6.07) is 2.06. The number of halogens is 1. The van der Waals surface area contributed by atoms with Gasteiger partial charge in [0.1, 0.15) is 5.75 Å². The fourth-order valence-corrected chi connectivity index (χ4v) is 2.65. The summed E-state index contributed by atoms with van der Waals surface area (Å²) in [4.78, 5) is 0. The molecule has 0 aromatic heterocycles. The molecule has 2 nitrogen and oxygen atoms in total. The number of hydrogen-bond donors (Lipinski definition) is 1. The van der Waals surface area contributed by atoms with Gasteiger partial charge in [0, 0.05) is 16.5 Å². The van der Waals surface area contributed by atoms with Crippen molar-refractivity contribution in [2.75, 3.05) is 7.11 Å². The number of hydrogen-bond acceptors (Lipinski definition) is 2. The van der Waals surface area contributed by atoms with Crippen LogP contribution in [0.1, 0.15) is 29.5 Å². The summed E-state index contributed by atoms with van der Waals surface area (Å²) >= 11 is 3.55. The smallest absolute Gasteiger partial charge is 0.125 e. The molecule has 0 bridgehead atoms. The largest absolute Gasteiger partial charge is 0.496 e. The first kappa shape index (κ1) is 11.9. The summed E-state index contributed by atoms with van der Waals surface area (Å²) in [5, 5.41) is 10.0. The molecule has 0 saturated heterocycles. The van der Waals surface area contributed by atoms with Crippen molar-refractivity contribution in [3.8, 4) is 5.75 Å². The Morgan fingerprint density at radius 3 is 2.56 bits per heavy atom. The molecule has 1 N–H and O–H groups in total. The maximum Gasteiger partial charge on any atom is 0.125 e. The van der Waals surface area contributed by atoms with Crippen molar-refractivity contribution in [3.05, 3.63) is 27.2 Å². The second-order valence-corrected chi connectivity index (χ2v) is 5.57. The average molecular weight is 285 g/mol. The van der Waals surface area contributed by atoms with Gasteiger partial charge in [-0.15, -0.1) is 0 Å². The molecular weight excluding hydrogens is 268 g/mol. The molecule has 3 heteroatoms. The van der Waals surface area contributed by atoms with Crippen LogP contribution in [0.2, 0.25) is 0 Å². The Bertz CT molecular complexity index is 422. The lowest BCUT2D eigenvalue weighted by Gasteiger charge is -2.18. The van der Waals surface area contributed by atoms with E-state index in [1.54, 1.807) is 7.11 Å². The van der Waals surface area contributed by atoms with Crippen LogP contribution in [0.3, 0.4) is 0 Å². The van der Waals surface area contributed by atoms with Crippen LogP contribution in [-0.2, 0) is 6.42 Å². The van der Waals surface area contributed by atoms with Crippen LogP contribution < -0.4 is 4.74 Å². The van der Waals surface area contributed by atoms with E-state index in [0.29, 0.717) is 6.42 Å². The molecule has 88 valence electrons. The summed E-state index contributed by atoms with van der Waals surface area (Å²) < 4.78 is 6.54. The van der Waals surface area contributed by atoms with Gasteiger partial charge in [0.25, 0.3) is 0 Å². The second-order valence-electron chi connectivity index (χ2n) is 4.71. The molecule has 0 atom stereocenters. The number of methoxy groups -OCH3 is 1. The molecule has 1 fully saturated rings. The van der Waals surface area contributed by atoms with Gasteiger partial charge in [-0.2, -0.15) is 0 Å². The van der Waals surface area contributed by atoms with Gasteiger partial charge in [0.2, 0.25) is 0 Å². The minimum atomic E-state index is -0.481. The van der Waals surface area contributed by atoms with Crippen LogP contribution in [0.25, 0.3) is 0 Å². The third-order valence-electron chi connectivity index (χ3n) is 3.32. The summed E-state index contributed by atoms with van der Waals surface area (Å²) in [7, 11) is 1.69. The Balaban J connectivity index is 2.47. The quantitative estimate of drug-likeness (QED) is 0.924. The molecule has 2 rings (SSSR count). The SMILES string of the molecule is COc1c(C)cc(Br)c(C)c1CC1(O)CC1. The first-order chi connectivity index (χ1) is 7.47. The highest BCUT2D eigenvalue weighted by Gasteiger charge is 2.41. The number of ether oxygens (including phenoxy) is 1. The van der Waals surface area contributed by atoms with E-state index in [-0.39, 0.29) is 0 Å². The van der Waals surface area contributed by atoms with Crippen molar-refractivity contribution in [1.82, 2.24) is 0 Å². The average Bonchev–Trinajstić information content (AvgIpc) is 2.93. The minimum Gasteiger partial charge on any atom is -0.496 e. The zero-order valence-corrected chi connectivity index (χ0v) is 11.5. The Kier molecular flexibility index (Phi) is 3.01. The zero-order valence-electron chi connectivity index (χ0n) is 9.93. The van der Waals surface area contributed by atoms with Crippen molar-refractivity contribution < 1.29 is 9.84 Å². The molecule has 1 aromatic carbocycles. The predicted molar refractivity (Wildman–Crippen MR) is 68.1 cm³/mol. The number of aryl methyl sites for hydroxylation is 1. The van der Waals surface area contributed by atoms with E-state index >= 15 is 0 Å². The Labute approximate surface area is 105 Å². The molecule has 0 amide bonds. The first-order valence-corrected chi connectivity index (χ1v) is 6.31. The van der Waals surface area contributed by atoms with E-state index in [1.165, 1.54) is 5.56 Å². The van der Waals surface area contributed by atoms with Gasteiger partial charge in [0.15, 0.2) is 0 Å². The summed E-state index contributed by atoms with van der Waals surface area (Å²) in [6.07, 6.45) is 2.50. The van der Waals surface area contributed by atoms with Crippen LogP contribution in [-0.4, -0.2) is 17.8 Å². The van der Waals surface area contributed by atoms with E-state index < -0.39 is 5.60 Å². The lowest BCUT2D eigenvalue weighted by atomic mass is 9.97. The number of rotatable bonds is 3. The van der Waals surface area contributed by atoms with Gasteiger partial charge in [-0.3, -0.25) is 0 Å². The topological polar surface area (TPSA) is 29.5 Å². The normalized spacial score (nSPS) is 17.3. The minimum absolute atomic E-state index is 0.481. The Morgan fingerprint density at radius 1 is 1.44 bits per heavy atom. The maximum atomic E-state index is 10.0. The molecule has 0 unspecified atom stereocenters. The van der Waals surface area contributed by atoms with E-state index in [1.807, 2.05) is 6.92 Å². The third kappa shape index (κ3) is 2.11. The first-order valence-electron chi connectivity index (χ1n) is 5.52. The van der Waals surface area contributed by atoms with Gasteiger partial charge >= 0.3 is 0 Å². The van der Waals surface area contributed by atoms with E-state index in [4.69, 9.17) is 4.74 Å². The number of aliphatic hydroxyl groups is 1. The van der Waals surface area contributed by atoms with E-state index in [2.05, 4.69) is 28.9 Å². The maximum absolute atomic E-state index is 10.0. The van der Waals surface area contributed by atoms with E-state index in [0.717, 1.165) is 34.2 Å². The lowest BCUT2D eigenvalue weighted by molar-refractivity contribution is 0.149. The highest BCUT2D eigenvalue weighted by Crippen LogP contribution is 2.43. The molecule has 1 aliphatic carbocycles. The third-order valence-corrected chi connectivity index (χ3v) is 4.15. The zero-order chi connectivity index (χ0) is 11.9. The molecule has 16 heavy (non-hydrogen) atoms. The van der Waals surface area contributed by atoms with Gasteiger partial charge < -0.3 is 9.84 Å². The second kappa shape index (κ2) is 4.04. The monoisotopic (exact) mass is 284 g/mol. The fourth-order valence-electron chi connectivity index (χ4n) is 2.06. The van der Waals surface area contributed by atoms with Crippen molar-refractivity contribution in [2.24, 2.45) is 0 Å². The van der Waals surface area contributed by atoms with Gasteiger partial charge in [-0.25, -0.2) is 0 Å². The van der Waals surface area contributed by atoms with Crippen molar-refractivity contribution in [3.63, 3.8) is 0 Å². The van der Waals surface area contributed by atoms with Crippen LogP contribution in [0, 0.1) is 13.8 Å². The standard InChI is InChI=1S/C13H17BrO2/c1-8-6-11(14)9(2)10(12(8)16-3)7-13(15)4-5-13/h6,15H,4-5,7H2,1-3H3. The highest BCUT2D eigenvalue weighted by atomic mass is 79.9. The van der Waals surface area contributed by atoms with Crippen molar-refractivity contribution >= 4 is 15.9 Å². The number of benzene rings is 1. The molecule has 0 aliphatic heterocycles. The molecular formula is C13H17BrO2. The van der Waals surface area contributed by atoms with E-state index in [9.17, 15) is 5.11 Å². The molecule has 1 saturated carbocycles. The molecule has 1 aromatic rings. The van der Waals surface area contributed by atoms with Gasteiger partial charge in [-0.1, -0.05) is 15.9 Å². The Hall–Kier alpha value is -0.540. The van der Waals surface area contributed by atoms with Gasteiger partial charge in [0.05, 0.1) is 12.7 Å². The molecule has 0 spiro atoms. The van der Waals surface area contributed by atoms with Crippen molar-refractivity contribution in [2.45, 2.75) is 38.7 Å². The van der Waals surface area contributed by atoms with Crippen LogP contribution in [0.4, 0.5) is 0 Å². The fraction of sp³-hybridized carbons (Fsp3) is 0.538. The van der Waals surface area contributed by atoms with Crippen LogP contribution >= 0.6 is 15.9 Å². The summed E-state index contributed by atoms with van der Waals surface area (Å²) in [5.41, 5.74) is 2.93. The van der Waals surface area contributed by atoms with Crippen LogP contribution in [0.5, 0.6) is 5.75 Å². The summed E-state index contributed by atoms with van der Waals surface area (Å²) in [5.74, 6) is 0.918. The molecule has 0 heterocycles. The molecule has 0 radical (unpaired) electrons. The predicted octanol–water partition coefficient (Wildman–Crippen LogP) is 3.14. The van der Waals surface area contributed by atoms with Crippen LogP contribution in [0.15, 0.2) is 10.5 Å². The van der Waals surface area contributed by atoms with Gasteiger partial charge in [-0.05, 0) is 43.9 Å². The lowest BCUT2D eigenvalue weighted by Crippen LogP contribution is -2.13. The summed E-state index contributed by atoms with van der Waals surface area (Å²) in [6.45, 7) is 4.09. The molecule has 1 aliphatic rings.